The molecule has 0 aliphatic carbocycles. The van der Waals surface area contributed by atoms with Gasteiger partial charge in [0.05, 0.1) is 6.61 Å². The van der Waals surface area contributed by atoms with Crippen LogP contribution < -0.4 is 15.4 Å². The molecule has 2 heterocycles. The summed E-state index contributed by atoms with van der Waals surface area (Å²) in [6.07, 6.45) is 3.39. The van der Waals surface area contributed by atoms with Crippen molar-refractivity contribution in [1.82, 2.24) is 10.2 Å². The van der Waals surface area contributed by atoms with E-state index < -0.39 is 0 Å². The van der Waals surface area contributed by atoms with Gasteiger partial charge in [0.1, 0.15) is 5.75 Å². The molecule has 1 aromatic carbocycles. The van der Waals surface area contributed by atoms with Crippen molar-refractivity contribution in [2.75, 3.05) is 52.3 Å². The number of nitrogens with one attached hydrogen (secondary N) is 2. The molecule has 1 fully saturated rings. The zero-order chi connectivity index (χ0) is 21.0. The minimum atomic E-state index is 0. The lowest BCUT2D eigenvalue weighted by Crippen LogP contribution is -2.42. The highest BCUT2D eigenvalue weighted by molar-refractivity contribution is 14.0. The van der Waals surface area contributed by atoms with E-state index in [2.05, 4.69) is 38.0 Å². The first-order chi connectivity index (χ1) is 14.8. The average Bonchev–Trinajstić information content (AvgIpc) is 3.28. The Kier molecular flexibility index (Phi) is 12.2. The molecule has 172 valence electrons. The van der Waals surface area contributed by atoms with Gasteiger partial charge in [-0.1, -0.05) is 12.1 Å². The molecule has 1 atom stereocenters. The predicted molar refractivity (Wildman–Crippen MR) is 141 cm³/mol. The van der Waals surface area contributed by atoms with Gasteiger partial charge in [-0.2, -0.15) is 0 Å². The number of piperidine rings is 1. The van der Waals surface area contributed by atoms with E-state index in [1.165, 1.54) is 24.3 Å². The molecule has 8 heteroatoms. The van der Waals surface area contributed by atoms with Gasteiger partial charge in [-0.3, -0.25) is 9.89 Å². The van der Waals surface area contributed by atoms with Crippen molar-refractivity contribution < 1.29 is 9.47 Å². The van der Waals surface area contributed by atoms with E-state index in [9.17, 15) is 0 Å². The monoisotopic (exact) mass is 558 g/mol. The van der Waals surface area contributed by atoms with Crippen LogP contribution in [0, 0.1) is 5.92 Å². The molecule has 1 aromatic heterocycles. The largest absolute Gasteiger partial charge is 0.493 e. The summed E-state index contributed by atoms with van der Waals surface area (Å²) >= 11 is 1.85. The number of benzene rings is 1. The Hall–Kier alpha value is -1.36. The van der Waals surface area contributed by atoms with Crippen LogP contribution in [0.2, 0.25) is 0 Å². The van der Waals surface area contributed by atoms with Gasteiger partial charge in [0.15, 0.2) is 5.96 Å². The maximum absolute atomic E-state index is 5.79. The lowest BCUT2D eigenvalue weighted by molar-refractivity contribution is 0.170. The van der Waals surface area contributed by atoms with Crippen molar-refractivity contribution in [2.24, 2.45) is 10.9 Å². The molecule has 0 saturated carbocycles. The highest BCUT2D eigenvalue weighted by Gasteiger charge is 2.20. The predicted octanol–water partition coefficient (Wildman–Crippen LogP) is 4.68. The van der Waals surface area contributed by atoms with Crippen LogP contribution in [0.15, 0.2) is 46.8 Å². The third kappa shape index (κ3) is 9.34. The molecule has 6 nitrogen and oxygen atoms in total. The molecule has 3 rings (SSSR count). The molecule has 0 spiro atoms. The van der Waals surface area contributed by atoms with Crippen LogP contribution in [0.4, 0.5) is 5.69 Å². The summed E-state index contributed by atoms with van der Waals surface area (Å²) in [7, 11) is 3.52. The normalized spacial score (nSPS) is 17.1. The highest BCUT2D eigenvalue weighted by atomic mass is 127. The first kappa shape index (κ1) is 25.9. The maximum Gasteiger partial charge on any atom is 0.195 e. The second kappa shape index (κ2) is 14.7. The fraction of sp³-hybridized carbons (Fsp3) is 0.522. The Morgan fingerprint density at radius 2 is 2.16 bits per heavy atom. The number of likely N-dealkylation sites (tertiary alicyclic amines) is 1. The number of nitrogens with zero attached hydrogens (tertiary/aromatic N) is 2. The van der Waals surface area contributed by atoms with E-state index in [0.717, 1.165) is 43.5 Å². The van der Waals surface area contributed by atoms with Gasteiger partial charge in [0.25, 0.3) is 0 Å². The Bertz CT molecular complexity index is 773. The Labute approximate surface area is 207 Å². The summed E-state index contributed by atoms with van der Waals surface area (Å²) in [5.41, 5.74) is 0.968. The van der Waals surface area contributed by atoms with Crippen LogP contribution in [0.5, 0.6) is 5.75 Å². The topological polar surface area (TPSA) is 58.1 Å². The maximum atomic E-state index is 5.79. The van der Waals surface area contributed by atoms with Crippen LogP contribution in [0.1, 0.15) is 24.1 Å². The number of rotatable bonds is 10. The van der Waals surface area contributed by atoms with Gasteiger partial charge >= 0.3 is 0 Å². The van der Waals surface area contributed by atoms with Crippen molar-refractivity contribution in [3.05, 3.63) is 46.7 Å². The van der Waals surface area contributed by atoms with Gasteiger partial charge in [-0.05, 0) is 48.9 Å². The number of halogens is 1. The van der Waals surface area contributed by atoms with Crippen LogP contribution in [-0.4, -0.2) is 57.9 Å². The number of ether oxygens (including phenoxy) is 2. The van der Waals surface area contributed by atoms with Crippen LogP contribution in [-0.2, 0) is 11.3 Å². The van der Waals surface area contributed by atoms with Gasteiger partial charge < -0.3 is 20.1 Å². The van der Waals surface area contributed by atoms with E-state index in [4.69, 9.17) is 9.47 Å². The lowest BCUT2D eigenvalue weighted by Gasteiger charge is -2.32. The zero-order valence-electron chi connectivity index (χ0n) is 18.5. The smallest absolute Gasteiger partial charge is 0.195 e. The van der Waals surface area contributed by atoms with E-state index in [1.807, 2.05) is 42.6 Å². The van der Waals surface area contributed by atoms with Crippen LogP contribution in [0.25, 0.3) is 0 Å². The minimum Gasteiger partial charge on any atom is -0.493 e. The average molecular weight is 559 g/mol. The molecular weight excluding hydrogens is 523 g/mol. The number of guanidine groups is 1. The van der Waals surface area contributed by atoms with E-state index in [0.29, 0.717) is 19.1 Å². The molecule has 0 radical (unpaired) electrons. The molecule has 1 saturated heterocycles. The lowest BCUT2D eigenvalue weighted by atomic mass is 9.98. The van der Waals surface area contributed by atoms with Gasteiger partial charge in [0.2, 0.25) is 0 Å². The number of hydrogen-bond acceptors (Lipinski definition) is 5. The number of aliphatic imine (C=N–C) groups is 1. The molecule has 0 amide bonds. The number of thiophene rings is 1. The van der Waals surface area contributed by atoms with Crippen LogP contribution in [0.3, 0.4) is 0 Å². The van der Waals surface area contributed by atoms with Crippen LogP contribution >= 0.6 is 35.3 Å². The molecule has 2 N–H and O–H groups in total. The molecule has 1 aliphatic heterocycles. The van der Waals surface area contributed by atoms with E-state index in [-0.39, 0.29) is 24.0 Å². The van der Waals surface area contributed by atoms with Crippen molar-refractivity contribution in [2.45, 2.75) is 25.8 Å². The number of anilines is 1. The molecule has 2 aromatic rings. The SMILES string of the molecule is CN=C(NCC1CCCN(Cc2cccs2)C1)Nc1cccc(OCCCOC)c1.I. The summed E-state index contributed by atoms with van der Waals surface area (Å²) in [5, 5.41) is 9.04. The minimum absolute atomic E-state index is 0. The first-order valence-electron chi connectivity index (χ1n) is 10.7. The highest BCUT2D eigenvalue weighted by Crippen LogP contribution is 2.20. The Morgan fingerprint density at radius 3 is 2.94 bits per heavy atom. The molecule has 0 bridgehead atoms. The third-order valence-electron chi connectivity index (χ3n) is 5.20. The quantitative estimate of drug-likeness (QED) is 0.192. The fourth-order valence-corrected chi connectivity index (χ4v) is 4.44. The summed E-state index contributed by atoms with van der Waals surface area (Å²) < 4.78 is 10.9. The second-order valence-corrected chi connectivity index (χ2v) is 8.66. The standard InChI is InChI=1S/C23H34N4O2S.HI/c1-24-23(26-20-8-3-9-21(15-20)29-13-6-12-28-2)25-16-19-7-4-11-27(17-19)18-22-10-5-14-30-22;/h3,5,8-10,14-15,19H,4,6-7,11-13,16-18H2,1-2H3,(H2,24,25,26);1H. The summed E-state index contributed by atoms with van der Waals surface area (Å²) in [6.45, 7) is 5.67. The molecule has 1 aliphatic rings. The van der Waals surface area contributed by atoms with E-state index in [1.54, 1.807) is 7.11 Å². The fourth-order valence-electron chi connectivity index (χ4n) is 3.70. The summed E-state index contributed by atoms with van der Waals surface area (Å²) in [4.78, 5) is 8.41. The Morgan fingerprint density at radius 1 is 1.26 bits per heavy atom. The van der Waals surface area contributed by atoms with Crippen molar-refractivity contribution in [1.29, 1.82) is 0 Å². The zero-order valence-corrected chi connectivity index (χ0v) is 21.7. The number of methoxy groups -OCH3 is 1. The van der Waals surface area contributed by atoms with Gasteiger partial charge in [-0.25, -0.2) is 0 Å². The summed E-state index contributed by atoms with van der Waals surface area (Å²) in [5.74, 6) is 2.28. The Balaban J connectivity index is 0.00000341. The molecular formula is C23H35IN4O2S. The van der Waals surface area contributed by atoms with Crippen molar-refractivity contribution >= 4 is 47.0 Å². The third-order valence-corrected chi connectivity index (χ3v) is 6.06. The summed E-state index contributed by atoms with van der Waals surface area (Å²) in [6, 6.07) is 12.4. The first-order valence-corrected chi connectivity index (χ1v) is 11.6. The molecule has 31 heavy (non-hydrogen) atoms. The number of hydrogen-bond donors (Lipinski definition) is 2. The van der Waals surface area contributed by atoms with Gasteiger partial charge in [-0.15, -0.1) is 35.3 Å². The van der Waals surface area contributed by atoms with Crippen molar-refractivity contribution in [3.63, 3.8) is 0 Å². The molecule has 1 unspecified atom stereocenters. The van der Waals surface area contributed by atoms with E-state index >= 15 is 0 Å². The van der Waals surface area contributed by atoms with Crippen molar-refractivity contribution in [3.8, 4) is 5.75 Å². The second-order valence-electron chi connectivity index (χ2n) is 7.62. The van der Waals surface area contributed by atoms with Gasteiger partial charge in [0, 0.05) is 63.5 Å².